The van der Waals surface area contributed by atoms with E-state index in [2.05, 4.69) is 26.3 Å². The number of aromatic nitrogens is 2. The normalized spacial score (nSPS) is 10.8. The fourth-order valence-corrected chi connectivity index (χ4v) is 2.36. The van der Waals surface area contributed by atoms with Crippen molar-refractivity contribution < 1.29 is 18.5 Å². The van der Waals surface area contributed by atoms with Crippen molar-refractivity contribution in [1.29, 1.82) is 0 Å². The molecule has 0 saturated heterocycles. The van der Waals surface area contributed by atoms with Crippen LogP contribution < -0.4 is 5.32 Å². The average molecular weight is 389 g/mol. The molecule has 0 atom stereocenters. The van der Waals surface area contributed by atoms with Gasteiger partial charge in [0.05, 0.1) is 15.1 Å². The highest BCUT2D eigenvalue weighted by Gasteiger charge is 2.22. The Morgan fingerprint density at radius 3 is 2.70 bits per heavy atom. The minimum absolute atomic E-state index is 0.0282. The van der Waals surface area contributed by atoms with Gasteiger partial charge in [0.1, 0.15) is 17.9 Å². The molecule has 0 fully saturated rings. The summed E-state index contributed by atoms with van der Waals surface area (Å²) >= 11 is 3.00. The third-order valence-corrected chi connectivity index (χ3v) is 4.01. The molecule has 23 heavy (non-hydrogen) atoms. The molecule has 0 bridgehead atoms. The maximum Gasteiger partial charge on any atom is 0.292 e. The number of rotatable bonds is 5. The first-order chi connectivity index (χ1) is 10.8. The fourth-order valence-electron chi connectivity index (χ4n) is 1.91. The zero-order valence-corrected chi connectivity index (χ0v) is 13.4. The molecule has 2 rings (SSSR count). The molecule has 0 spiro atoms. The molecule has 1 aromatic heterocycles. The number of amides is 1. The summed E-state index contributed by atoms with van der Waals surface area (Å²) in [7, 11) is 0. The number of hydrogen-bond acceptors (Lipinski definition) is 4. The second kappa shape index (κ2) is 6.82. The summed E-state index contributed by atoms with van der Waals surface area (Å²) in [6.07, 6.45) is -2.78. The van der Waals surface area contributed by atoms with E-state index in [0.717, 1.165) is 4.68 Å². The van der Waals surface area contributed by atoms with Gasteiger partial charge in [-0.3, -0.25) is 19.6 Å². The van der Waals surface area contributed by atoms with Gasteiger partial charge in [0, 0.05) is 6.07 Å². The summed E-state index contributed by atoms with van der Waals surface area (Å²) in [6.45, 7) is 1.18. The van der Waals surface area contributed by atoms with Crippen LogP contribution in [0.4, 0.5) is 20.2 Å². The summed E-state index contributed by atoms with van der Waals surface area (Å²) in [6, 6.07) is 5.64. The van der Waals surface area contributed by atoms with Gasteiger partial charge >= 0.3 is 0 Å². The molecule has 2 aromatic rings. The molecule has 1 aromatic carbocycles. The van der Waals surface area contributed by atoms with Crippen LogP contribution in [-0.4, -0.2) is 20.6 Å². The van der Waals surface area contributed by atoms with Gasteiger partial charge in [-0.25, -0.2) is 8.78 Å². The number of nitro groups is 1. The highest BCUT2D eigenvalue weighted by Crippen LogP contribution is 2.29. The van der Waals surface area contributed by atoms with Crippen LogP contribution in [0.1, 0.15) is 17.8 Å². The Bertz CT molecular complexity index is 764. The van der Waals surface area contributed by atoms with Gasteiger partial charge < -0.3 is 5.32 Å². The molecule has 1 amide bonds. The summed E-state index contributed by atoms with van der Waals surface area (Å²) in [5.74, 6) is -0.613. The summed E-state index contributed by atoms with van der Waals surface area (Å²) in [4.78, 5) is 22.3. The monoisotopic (exact) mass is 388 g/mol. The van der Waals surface area contributed by atoms with E-state index in [-0.39, 0.29) is 22.4 Å². The zero-order valence-electron chi connectivity index (χ0n) is 11.8. The molecule has 1 heterocycles. The summed E-state index contributed by atoms with van der Waals surface area (Å²) in [5.41, 5.74) is -0.327. The summed E-state index contributed by atoms with van der Waals surface area (Å²) < 4.78 is 26.8. The number of carbonyl (C=O) groups excluding carboxylic acids is 1. The number of hydrogen-bond donors (Lipinski definition) is 1. The van der Waals surface area contributed by atoms with Crippen LogP contribution in [0.25, 0.3) is 0 Å². The Morgan fingerprint density at radius 1 is 1.48 bits per heavy atom. The van der Waals surface area contributed by atoms with Crippen LogP contribution in [0.2, 0.25) is 0 Å². The molecule has 1 N–H and O–H groups in total. The van der Waals surface area contributed by atoms with Crippen LogP contribution in [-0.2, 0) is 11.3 Å². The van der Waals surface area contributed by atoms with Gasteiger partial charge in [0.2, 0.25) is 5.91 Å². The van der Waals surface area contributed by atoms with E-state index in [1.54, 1.807) is 0 Å². The predicted molar refractivity (Wildman–Crippen MR) is 81.3 cm³/mol. The lowest BCUT2D eigenvalue weighted by Crippen LogP contribution is -2.21. The lowest BCUT2D eigenvalue weighted by Gasteiger charge is -2.07. The maximum atomic E-state index is 12.8. The van der Waals surface area contributed by atoms with Crippen molar-refractivity contribution in [3.8, 4) is 0 Å². The molecule has 0 aliphatic heterocycles. The lowest BCUT2D eigenvalue weighted by molar-refractivity contribution is -0.383. The van der Waals surface area contributed by atoms with Crippen molar-refractivity contribution >= 4 is 33.2 Å². The van der Waals surface area contributed by atoms with E-state index in [4.69, 9.17) is 0 Å². The Morgan fingerprint density at radius 2 is 2.13 bits per heavy atom. The second-order valence-electron chi connectivity index (χ2n) is 4.57. The molecule has 0 unspecified atom stereocenters. The molecular formula is C13H11BrF2N4O3. The average Bonchev–Trinajstić information content (AvgIpc) is 2.76. The van der Waals surface area contributed by atoms with Crippen molar-refractivity contribution in [2.45, 2.75) is 19.9 Å². The van der Waals surface area contributed by atoms with Crippen molar-refractivity contribution in [2.24, 2.45) is 0 Å². The van der Waals surface area contributed by atoms with Crippen molar-refractivity contribution in [3.63, 3.8) is 0 Å². The van der Waals surface area contributed by atoms with Crippen molar-refractivity contribution in [3.05, 3.63) is 50.2 Å². The zero-order chi connectivity index (χ0) is 17.1. The molecular weight excluding hydrogens is 378 g/mol. The predicted octanol–water partition coefficient (Wildman–Crippen LogP) is 3.44. The molecule has 0 radical (unpaired) electrons. The maximum absolute atomic E-state index is 12.8. The van der Waals surface area contributed by atoms with Crippen LogP contribution in [0, 0.1) is 17.0 Å². The molecule has 0 aliphatic rings. The minimum atomic E-state index is -2.78. The number of nitro benzene ring substituents is 1. The largest absolute Gasteiger partial charge is 0.319 e. The summed E-state index contributed by atoms with van der Waals surface area (Å²) in [5, 5.41) is 16.9. The number of anilines is 1. The standard InChI is InChI=1S/C13H11BrF2N4O3/c1-7-11(14)12(13(15)16)18-19(7)6-10(21)17-8-4-2-3-5-9(8)20(22)23/h2-5,13H,6H2,1H3,(H,17,21). The van der Waals surface area contributed by atoms with Gasteiger partial charge in [0.25, 0.3) is 12.1 Å². The lowest BCUT2D eigenvalue weighted by atomic mass is 10.2. The highest BCUT2D eigenvalue weighted by molar-refractivity contribution is 9.10. The number of para-hydroxylation sites is 2. The van der Waals surface area contributed by atoms with E-state index in [9.17, 15) is 23.7 Å². The third-order valence-electron chi connectivity index (χ3n) is 3.03. The number of benzene rings is 1. The van der Waals surface area contributed by atoms with Gasteiger partial charge in [-0.1, -0.05) is 12.1 Å². The van der Waals surface area contributed by atoms with Gasteiger partial charge in [-0.15, -0.1) is 0 Å². The first-order valence-electron chi connectivity index (χ1n) is 6.35. The SMILES string of the molecule is Cc1c(Br)c(C(F)F)nn1CC(=O)Nc1ccccc1[N+](=O)[O-]. The van der Waals surface area contributed by atoms with E-state index < -0.39 is 22.9 Å². The first-order valence-corrected chi connectivity index (χ1v) is 7.14. The number of nitrogens with zero attached hydrogens (tertiary/aromatic N) is 3. The van der Waals surface area contributed by atoms with E-state index in [0.29, 0.717) is 5.69 Å². The van der Waals surface area contributed by atoms with Crippen molar-refractivity contribution in [1.82, 2.24) is 9.78 Å². The van der Waals surface area contributed by atoms with E-state index in [1.807, 2.05) is 0 Å². The highest BCUT2D eigenvalue weighted by atomic mass is 79.9. The van der Waals surface area contributed by atoms with Crippen LogP contribution in [0.15, 0.2) is 28.7 Å². The van der Waals surface area contributed by atoms with E-state index >= 15 is 0 Å². The minimum Gasteiger partial charge on any atom is -0.319 e. The Kier molecular flexibility index (Phi) is 5.04. The molecule has 0 aliphatic carbocycles. The van der Waals surface area contributed by atoms with Gasteiger partial charge in [0.15, 0.2) is 0 Å². The number of carbonyl (C=O) groups is 1. The fraction of sp³-hybridized carbons (Fsp3) is 0.231. The molecule has 7 nitrogen and oxygen atoms in total. The quantitative estimate of drug-likeness (QED) is 0.627. The van der Waals surface area contributed by atoms with Crippen LogP contribution in [0.5, 0.6) is 0 Å². The molecule has 122 valence electrons. The number of halogens is 3. The smallest absolute Gasteiger partial charge is 0.292 e. The first kappa shape index (κ1) is 17.0. The molecule has 10 heteroatoms. The van der Waals surface area contributed by atoms with Crippen molar-refractivity contribution in [2.75, 3.05) is 5.32 Å². The molecule has 0 saturated carbocycles. The van der Waals surface area contributed by atoms with E-state index in [1.165, 1.54) is 31.2 Å². The van der Waals surface area contributed by atoms with Gasteiger partial charge in [-0.2, -0.15) is 5.10 Å². The number of nitrogens with one attached hydrogen (secondary N) is 1. The van der Waals surface area contributed by atoms with Crippen LogP contribution >= 0.6 is 15.9 Å². The third kappa shape index (κ3) is 3.70. The topological polar surface area (TPSA) is 90.1 Å². The van der Waals surface area contributed by atoms with Crippen LogP contribution in [0.3, 0.4) is 0 Å². The van der Waals surface area contributed by atoms with Gasteiger partial charge in [-0.05, 0) is 28.9 Å². The number of alkyl halides is 2. The Hall–Kier alpha value is -2.36. The second-order valence-corrected chi connectivity index (χ2v) is 5.36. The Balaban J connectivity index is 2.18. The Labute approximate surface area is 137 Å².